The van der Waals surface area contributed by atoms with Gasteiger partial charge in [0.1, 0.15) is 22.6 Å². The van der Waals surface area contributed by atoms with E-state index >= 15 is 0 Å². The second kappa shape index (κ2) is 8.22. The normalized spacial score (nSPS) is 10.8. The van der Waals surface area contributed by atoms with Crippen LogP contribution in [-0.2, 0) is 0 Å². The van der Waals surface area contributed by atoms with Crippen molar-refractivity contribution in [3.8, 4) is 16.9 Å². The predicted molar refractivity (Wildman–Crippen MR) is 116 cm³/mol. The van der Waals surface area contributed by atoms with E-state index in [1.807, 2.05) is 0 Å². The third kappa shape index (κ3) is 4.01. The highest BCUT2D eigenvalue weighted by molar-refractivity contribution is 6.33. The number of esters is 1. The molecule has 0 saturated heterocycles. The Balaban J connectivity index is 1.66. The fourth-order valence-electron chi connectivity index (χ4n) is 2.98. The Hall–Kier alpha value is -3.68. The van der Waals surface area contributed by atoms with Gasteiger partial charge in [0.25, 0.3) is 5.69 Å². The molecule has 0 N–H and O–H groups in total. The zero-order valence-corrected chi connectivity index (χ0v) is 17.0. The molecule has 1 aromatic heterocycles. The molecule has 0 unspecified atom stereocenters. The van der Waals surface area contributed by atoms with Gasteiger partial charge in [-0.3, -0.25) is 14.9 Å². The molecule has 154 valence electrons. The Bertz CT molecular complexity index is 1410. The van der Waals surface area contributed by atoms with Gasteiger partial charge in [-0.2, -0.15) is 0 Å². The number of nitro benzene ring substituents is 1. The minimum absolute atomic E-state index is 0.0493. The second-order valence-corrected chi connectivity index (χ2v) is 7.24. The molecule has 31 heavy (non-hydrogen) atoms. The second-order valence-electron chi connectivity index (χ2n) is 6.43. The molecular formula is C22H11Cl2NO6. The molecule has 0 amide bonds. The molecule has 0 radical (unpaired) electrons. The van der Waals surface area contributed by atoms with E-state index in [4.69, 9.17) is 32.4 Å². The van der Waals surface area contributed by atoms with Crippen LogP contribution in [-0.4, -0.2) is 10.9 Å². The summed E-state index contributed by atoms with van der Waals surface area (Å²) in [6.07, 6.45) is 1.29. The van der Waals surface area contributed by atoms with E-state index in [2.05, 4.69) is 0 Å². The van der Waals surface area contributed by atoms with Crippen molar-refractivity contribution in [1.29, 1.82) is 0 Å². The third-order valence-corrected chi connectivity index (χ3v) is 5.15. The number of hydrogen-bond acceptors (Lipinski definition) is 6. The quantitative estimate of drug-likeness (QED) is 0.164. The average Bonchev–Trinajstić information content (AvgIpc) is 2.75. The summed E-state index contributed by atoms with van der Waals surface area (Å²) in [4.78, 5) is 35.6. The summed E-state index contributed by atoms with van der Waals surface area (Å²) in [7, 11) is 0. The van der Waals surface area contributed by atoms with E-state index in [1.54, 1.807) is 24.3 Å². The highest BCUT2D eigenvalue weighted by Gasteiger charge is 2.18. The highest BCUT2D eigenvalue weighted by atomic mass is 35.5. The van der Waals surface area contributed by atoms with Gasteiger partial charge in [-0.25, -0.2) is 4.79 Å². The predicted octanol–water partition coefficient (Wildman–Crippen LogP) is 5.89. The number of halogens is 2. The number of carbonyl (C=O) groups is 1. The van der Waals surface area contributed by atoms with Crippen LogP contribution in [0.3, 0.4) is 0 Å². The number of carbonyl (C=O) groups excluding carboxylic acids is 1. The van der Waals surface area contributed by atoms with Crippen LogP contribution in [0.5, 0.6) is 5.75 Å². The lowest BCUT2D eigenvalue weighted by molar-refractivity contribution is -0.384. The largest absolute Gasteiger partial charge is 0.463 e. The molecule has 3 aromatic carbocycles. The van der Waals surface area contributed by atoms with Crippen LogP contribution >= 0.6 is 23.2 Å². The van der Waals surface area contributed by atoms with E-state index in [-0.39, 0.29) is 32.7 Å². The molecule has 1 heterocycles. The van der Waals surface area contributed by atoms with Gasteiger partial charge in [0, 0.05) is 22.7 Å². The van der Waals surface area contributed by atoms with E-state index in [1.165, 1.54) is 36.6 Å². The van der Waals surface area contributed by atoms with Crippen LogP contribution in [0.25, 0.3) is 22.1 Å². The summed E-state index contributed by atoms with van der Waals surface area (Å²) in [6.45, 7) is 0. The molecule has 0 aliphatic heterocycles. The summed E-state index contributed by atoms with van der Waals surface area (Å²) in [6, 6.07) is 14.8. The van der Waals surface area contributed by atoms with Crippen molar-refractivity contribution in [2.24, 2.45) is 0 Å². The minimum atomic E-state index is -0.825. The third-order valence-electron chi connectivity index (χ3n) is 4.50. The summed E-state index contributed by atoms with van der Waals surface area (Å²) >= 11 is 11.9. The molecule has 4 rings (SSSR count). The topological polar surface area (TPSA) is 99.7 Å². The molecule has 0 saturated carbocycles. The SMILES string of the molecule is O=C(Oc1ccc2c(=O)c(-c3ccccc3Cl)coc2c1)c1ccc(Cl)c([N+](=O)[O-])c1. The number of rotatable bonds is 4. The molecular weight excluding hydrogens is 445 g/mol. The lowest BCUT2D eigenvalue weighted by Crippen LogP contribution is -2.10. The molecule has 0 aliphatic carbocycles. The van der Waals surface area contributed by atoms with E-state index in [0.29, 0.717) is 16.1 Å². The summed E-state index contributed by atoms with van der Waals surface area (Å²) in [5.74, 6) is -0.724. The maximum Gasteiger partial charge on any atom is 0.343 e. The van der Waals surface area contributed by atoms with Crippen molar-refractivity contribution in [3.05, 3.63) is 103 Å². The number of nitro groups is 1. The van der Waals surface area contributed by atoms with E-state index in [9.17, 15) is 19.7 Å². The molecule has 7 nitrogen and oxygen atoms in total. The van der Waals surface area contributed by atoms with Crippen molar-refractivity contribution < 1.29 is 18.9 Å². The lowest BCUT2D eigenvalue weighted by Gasteiger charge is -2.07. The van der Waals surface area contributed by atoms with Crippen molar-refractivity contribution in [1.82, 2.24) is 0 Å². The number of hydrogen-bond donors (Lipinski definition) is 0. The van der Waals surface area contributed by atoms with Gasteiger partial charge in [-0.05, 0) is 30.3 Å². The number of fused-ring (bicyclic) bond motifs is 1. The molecule has 9 heteroatoms. The lowest BCUT2D eigenvalue weighted by atomic mass is 10.1. The van der Waals surface area contributed by atoms with Crippen LogP contribution in [0.1, 0.15) is 10.4 Å². The minimum Gasteiger partial charge on any atom is -0.463 e. The van der Waals surface area contributed by atoms with Gasteiger partial charge in [0.15, 0.2) is 0 Å². The fraction of sp³-hybridized carbons (Fsp3) is 0. The first-order chi connectivity index (χ1) is 14.8. The Morgan fingerprint density at radius 3 is 2.48 bits per heavy atom. The van der Waals surface area contributed by atoms with Gasteiger partial charge >= 0.3 is 5.97 Å². The molecule has 0 aliphatic rings. The Labute approximate surface area is 184 Å². The molecule has 0 fully saturated rings. The first-order valence-corrected chi connectivity index (χ1v) is 9.57. The van der Waals surface area contributed by atoms with Gasteiger partial charge < -0.3 is 9.15 Å². The van der Waals surface area contributed by atoms with Crippen molar-refractivity contribution >= 4 is 45.8 Å². The maximum absolute atomic E-state index is 12.9. The fourth-order valence-corrected chi connectivity index (χ4v) is 3.41. The molecule has 0 atom stereocenters. The summed E-state index contributed by atoms with van der Waals surface area (Å²) < 4.78 is 10.8. The van der Waals surface area contributed by atoms with Gasteiger partial charge in [-0.15, -0.1) is 0 Å². The standard InChI is InChI=1S/C22H11Cl2NO6/c23-17-4-2-1-3-14(17)16-11-30-20-10-13(6-7-15(20)21(16)26)31-22(27)12-5-8-18(24)19(9-12)25(28)29/h1-11H. The smallest absolute Gasteiger partial charge is 0.343 e. The van der Waals surface area contributed by atoms with Crippen LogP contribution < -0.4 is 10.2 Å². The molecule has 0 bridgehead atoms. The van der Waals surface area contributed by atoms with Crippen LogP contribution in [0, 0.1) is 10.1 Å². The van der Waals surface area contributed by atoms with Crippen LogP contribution in [0.4, 0.5) is 5.69 Å². The maximum atomic E-state index is 12.9. The molecule has 4 aromatic rings. The summed E-state index contributed by atoms with van der Waals surface area (Å²) in [5, 5.41) is 11.6. The average molecular weight is 456 g/mol. The Morgan fingerprint density at radius 1 is 0.968 bits per heavy atom. The summed E-state index contributed by atoms with van der Waals surface area (Å²) in [5.41, 5.74) is 0.296. The van der Waals surface area contributed by atoms with Gasteiger partial charge in [0.2, 0.25) is 5.43 Å². The van der Waals surface area contributed by atoms with Crippen LogP contribution in [0.2, 0.25) is 10.0 Å². The monoisotopic (exact) mass is 455 g/mol. The number of ether oxygens (including phenoxy) is 1. The first-order valence-electron chi connectivity index (χ1n) is 8.82. The van der Waals surface area contributed by atoms with Crippen molar-refractivity contribution in [2.75, 3.05) is 0 Å². The Morgan fingerprint density at radius 2 is 1.74 bits per heavy atom. The van der Waals surface area contributed by atoms with Crippen LogP contribution in [0.15, 0.2) is 76.1 Å². The van der Waals surface area contributed by atoms with E-state index < -0.39 is 16.6 Å². The van der Waals surface area contributed by atoms with Crippen molar-refractivity contribution in [3.63, 3.8) is 0 Å². The number of nitrogens with zero attached hydrogens (tertiary/aromatic N) is 1. The zero-order chi connectivity index (χ0) is 22.1. The van der Waals surface area contributed by atoms with Gasteiger partial charge in [0.05, 0.1) is 21.4 Å². The number of benzene rings is 3. The van der Waals surface area contributed by atoms with Crippen molar-refractivity contribution in [2.45, 2.75) is 0 Å². The zero-order valence-electron chi connectivity index (χ0n) is 15.5. The van der Waals surface area contributed by atoms with Gasteiger partial charge in [-0.1, -0.05) is 41.4 Å². The Kier molecular flexibility index (Phi) is 5.46. The molecule has 0 spiro atoms. The highest BCUT2D eigenvalue weighted by Crippen LogP contribution is 2.29. The van der Waals surface area contributed by atoms with E-state index in [0.717, 1.165) is 6.07 Å². The first kappa shape index (κ1) is 20.6.